The highest BCUT2D eigenvalue weighted by atomic mass is 35.7. The molecular weight excluding hydrogens is 418 g/mol. The number of methoxy groups -OCH3 is 1. The van der Waals surface area contributed by atoms with Crippen molar-refractivity contribution in [1.29, 1.82) is 0 Å². The molecule has 0 amide bonds. The van der Waals surface area contributed by atoms with Crippen LogP contribution in [0.4, 0.5) is 0 Å². The third-order valence-electron chi connectivity index (χ3n) is 3.95. The molecule has 2 aromatic carbocycles. The molecule has 0 aliphatic rings. The molecule has 30 heavy (non-hydrogen) atoms. The van der Waals surface area contributed by atoms with Crippen LogP contribution in [0.1, 0.15) is 12.0 Å². The van der Waals surface area contributed by atoms with Crippen molar-refractivity contribution in [2.24, 2.45) is 0 Å². The van der Waals surface area contributed by atoms with Crippen LogP contribution < -0.4 is 33.7 Å². The number of rotatable bonds is 5. The lowest BCUT2D eigenvalue weighted by Gasteiger charge is -2.17. The summed E-state index contributed by atoms with van der Waals surface area (Å²) in [5.74, 6) is 0.654. The van der Waals surface area contributed by atoms with E-state index in [1.807, 2.05) is 55.5 Å². The summed E-state index contributed by atoms with van der Waals surface area (Å²) in [4.78, 5) is 14.0. The van der Waals surface area contributed by atoms with Gasteiger partial charge in [0.15, 0.2) is 6.54 Å². The Labute approximate surface area is 173 Å². The van der Waals surface area contributed by atoms with Crippen LogP contribution in [0, 0.1) is 17.2 Å². The van der Waals surface area contributed by atoms with Crippen LogP contribution in [-0.4, -0.2) is 24.7 Å². The van der Waals surface area contributed by atoms with E-state index in [0.29, 0.717) is 12.3 Å². The Kier molecular flexibility index (Phi) is 7.93. The molecule has 3 aromatic rings. The summed E-state index contributed by atoms with van der Waals surface area (Å²) in [6, 6.07) is 15.5. The van der Waals surface area contributed by atoms with Gasteiger partial charge in [-0.1, -0.05) is 11.6 Å². The van der Waals surface area contributed by atoms with Crippen molar-refractivity contribution in [3.63, 3.8) is 0 Å². The molecule has 0 fully saturated rings. The maximum Gasteiger partial charge on any atom is 0.309 e. The fourth-order valence-corrected chi connectivity index (χ4v) is 2.65. The van der Waals surface area contributed by atoms with Gasteiger partial charge in [0.25, 0.3) is 0 Å². The van der Waals surface area contributed by atoms with Crippen molar-refractivity contribution in [3.05, 3.63) is 59.5 Å². The molecule has 0 saturated carbocycles. The standard InChI is InChI=1S/C20H19NO4.ClHO4/c1-13-3-8-18-16(11-13)17(21-10-9-20(22)23)12-19(25-18)14-4-6-15(24-2)7-5-14;2-1(3,4)5/h3-8,11-12H,9-10H2,1-2H3,(H,22,23);(H,2,3,4,5). The van der Waals surface area contributed by atoms with E-state index >= 15 is 0 Å². The van der Waals surface area contributed by atoms with E-state index < -0.39 is 16.2 Å². The second-order valence-corrected chi connectivity index (χ2v) is 6.96. The summed E-state index contributed by atoms with van der Waals surface area (Å²) >= 11 is 0. The zero-order valence-corrected chi connectivity index (χ0v) is 17.0. The molecule has 0 unspecified atom stereocenters. The maximum atomic E-state index is 10.8. The van der Waals surface area contributed by atoms with Gasteiger partial charge in [-0.05, 0) is 43.3 Å². The Bertz CT molecular complexity index is 1060. The number of aliphatic carboxylic acids is 1. The Morgan fingerprint density at radius 1 is 1.10 bits per heavy atom. The van der Waals surface area contributed by atoms with Crippen LogP contribution >= 0.6 is 0 Å². The van der Waals surface area contributed by atoms with E-state index in [1.54, 1.807) is 7.11 Å². The Hall–Kier alpha value is -2.95. The van der Waals surface area contributed by atoms with E-state index in [4.69, 9.17) is 32.9 Å². The minimum absolute atomic E-state index is 0.0528. The van der Waals surface area contributed by atoms with E-state index in [-0.39, 0.29) is 6.42 Å². The zero-order chi connectivity index (χ0) is 22.3. The molecule has 2 N–H and O–H groups in total. The predicted octanol–water partition coefficient (Wildman–Crippen LogP) is -2.88. The minimum Gasteiger partial charge on any atom is -0.497 e. The second kappa shape index (κ2) is 10.2. The van der Waals surface area contributed by atoms with E-state index in [0.717, 1.165) is 33.2 Å². The van der Waals surface area contributed by atoms with Crippen LogP contribution in [0.15, 0.2) is 52.9 Å². The summed E-state index contributed by atoms with van der Waals surface area (Å²) in [5, 5.41) is 10.7. The Morgan fingerprint density at radius 2 is 1.73 bits per heavy atom. The average molecular weight is 438 g/mol. The van der Waals surface area contributed by atoms with Gasteiger partial charge < -0.3 is 14.3 Å². The van der Waals surface area contributed by atoms with Crippen molar-refractivity contribution < 1.29 is 52.9 Å². The minimum atomic E-state index is -4.94. The number of nitrogens with one attached hydrogen (secondary N) is 1. The van der Waals surface area contributed by atoms with Crippen LogP contribution in [0.3, 0.4) is 0 Å². The van der Waals surface area contributed by atoms with Gasteiger partial charge in [0.2, 0.25) is 5.36 Å². The van der Waals surface area contributed by atoms with Crippen molar-refractivity contribution in [3.8, 4) is 17.1 Å². The van der Waals surface area contributed by atoms with E-state index in [1.165, 1.54) is 0 Å². The van der Waals surface area contributed by atoms with Gasteiger partial charge in [-0.3, -0.25) is 4.79 Å². The molecule has 10 heteroatoms. The highest BCUT2D eigenvalue weighted by molar-refractivity contribution is 5.78. The average Bonchev–Trinajstić information content (AvgIpc) is 2.66. The molecule has 0 aliphatic heterocycles. The molecule has 1 heterocycles. The van der Waals surface area contributed by atoms with E-state index in [9.17, 15) is 4.79 Å². The summed E-state index contributed by atoms with van der Waals surface area (Å²) in [6.07, 6.45) is 0.0528. The number of ether oxygens (including phenoxy) is 1. The topological polar surface area (TPSA) is 166 Å². The first-order valence-corrected chi connectivity index (χ1v) is 9.89. The van der Waals surface area contributed by atoms with Gasteiger partial charge >= 0.3 is 5.97 Å². The third-order valence-corrected chi connectivity index (χ3v) is 3.95. The number of aryl methyl sites for hydroxylation is 1. The maximum absolute atomic E-state index is 10.8. The first-order chi connectivity index (χ1) is 14.1. The van der Waals surface area contributed by atoms with Gasteiger partial charge in [-0.25, -0.2) is 23.6 Å². The monoisotopic (exact) mass is 437 g/mol. The highest BCUT2D eigenvalue weighted by Gasteiger charge is 2.10. The largest absolute Gasteiger partial charge is 0.497 e. The van der Waals surface area contributed by atoms with Gasteiger partial charge in [-0.2, -0.15) is 0 Å². The Balaban J connectivity index is 0.000000575. The lowest BCUT2D eigenvalue weighted by molar-refractivity contribution is -2.00. The Morgan fingerprint density at radius 3 is 2.30 bits per heavy atom. The van der Waals surface area contributed by atoms with Gasteiger partial charge in [-0.15, -0.1) is 10.2 Å². The zero-order valence-electron chi connectivity index (χ0n) is 16.2. The van der Waals surface area contributed by atoms with Gasteiger partial charge in [0.1, 0.15) is 23.5 Å². The van der Waals surface area contributed by atoms with Crippen LogP contribution in [0.2, 0.25) is 0 Å². The fourth-order valence-electron chi connectivity index (χ4n) is 2.65. The quantitative estimate of drug-likeness (QED) is 0.429. The summed E-state index contributed by atoms with van der Waals surface area (Å²) in [6.45, 7) is 2.36. The van der Waals surface area contributed by atoms with Crippen molar-refractivity contribution in [1.82, 2.24) is 0 Å². The summed E-state index contributed by atoms with van der Waals surface area (Å²) < 4.78 is 45.2. The van der Waals surface area contributed by atoms with Crippen LogP contribution in [-0.2, 0) is 4.79 Å². The smallest absolute Gasteiger partial charge is 0.309 e. The molecule has 0 radical (unpaired) electrons. The summed E-state index contributed by atoms with van der Waals surface area (Å²) in [7, 11) is -3.32. The molecule has 160 valence electrons. The molecule has 9 nitrogen and oxygen atoms in total. The molecule has 0 aliphatic carbocycles. The molecule has 0 bridgehead atoms. The van der Waals surface area contributed by atoms with Crippen LogP contribution in [0.5, 0.6) is 5.75 Å². The molecule has 0 atom stereocenters. The first kappa shape index (κ1) is 23.3. The lowest BCUT2D eigenvalue weighted by atomic mass is 10.1. The number of carboxylic acid groups (broad SMARTS) is 1. The van der Waals surface area contributed by atoms with Crippen LogP contribution in [0.25, 0.3) is 22.3 Å². The predicted molar refractivity (Wildman–Crippen MR) is 94.2 cm³/mol. The van der Waals surface area contributed by atoms with Crippen molar-refractivity contribution in [2.75, 3.05) is 13.7 Å². The number of halogens is 1. The number of benzene rings is 2. The van der Waals surface area contributed by atoms with Gasteiger partial charge in [0, 0.05) is 5.56 Å². The molecule has 0 saturated heterocycles. The SMILES string of the molecule is COc1ccc(-c2cc(=[NH+]CCC(=O)O)c3cc(C)ccc3o2)cc1.[O-][Cl+3]([O-])([O-])[O-]. The van der Waals surface area contributed by atoms with Gasteiger partial charge in [0.05, 0.1) is 18.6 Å². The van der Waals surface area contributed by atoms with Crippen molar-refractivity contribution in [2.45, 2.75) is 13.3 Å². The molecule has 3 rings (SSSR count). The van der Waals surface area contributed by atoms with E-state index in [2.05, 4.69) is 4.99 Å². The number of carbonyl (C=O) groups is 1. The lowest BCUT2D eigenvalue weighted by Crippen LogP contribution is -2.77. The molecule has 1 aromatic heterocycles. The number of hydrogen-bond acceptors (Lipinski definition) is 7. The normalized spacial score (nSPS) is 11.7. The number of hydrogen-bond donors (Lipinski definition) is 2. The highest BCUT2D eigenvalue weighted by Crippen LogP contribution is 2.24. The molecular formula is C20H20ClNO8. The first-order valence-electron chi connectivity index (χ1n) is 8.66. The molecule has 0 spiro atoms. The second-order valence-electron chi connectivity index (χ2n) is 6.20. The summed E-state index contributed by atoms with van der Waals surface area (Å²) in [5.41, 5.74) is 2.78. The fraction of sp³-hybridized carbons (Fsp3) is 0.200. The van der Waals surface area contributed by atoms with Crippen molar-refractivity contribution >= 4 is 16.9 Å². The number of carboxylic acids is 1. The number of fused-ring (bicyclic) bond motifs is 1. The third kappa shape index (κ3) is 7.47.